The van der Waals surface area contributed by atoms with Gasteiger partial charge in [-0.25, -0.2) is 9.59 Å². The third-order valence-corrected chi connectivity index (χ3v) is 1.77. The Morgan fingerprint density at radius 1 is 1.29 bits per heavy atom. The van der Waals surface area contributed by atoms with Gasteiger partial charge in [0.1, 0.15) is 0 Å². The molecule has 0 aliphatic carbocycles. The van der Waals surface area contributed by atoms with Crippen molar-refractivity contribution >= 4 is 11.9 Å². The number of allylic oxidation sites excluding steroid dienone is 1. The van der Waals surface area contributed by atoms with Gasteiger partial charge in [0.25, 0.3) is 0 Å². The summed E-state index contributed by atoms with van der Waals surface area (Å²) in [5, 5.41) is 17.0. The smallest absolute Gasteiger partial charge is 0.330 e. The van der Waals surface area contributed by atoms with E-state index in [2.05, 4.69) is 6.58 Å². The lowest BCUT2D eigenvalue weighted by atomic mass is 10.1. The SMILES string of the molecule is C=C(CCCC=C(C)C(=O)O)C(=O)O. The van der Waals surface area contributed by atoms with Crippen molar-refractivity contribution in [2.45, 2.75) is 26.2 Å². The molecule has 2 N–H and O–H groups in total. The van der Waals surface area contributed by atoms with Crippen LogP contribution in [0.5, 0.6) is 0 Å². The number of unbranched alkanes of at least 4 members (excludes halogenated alkanes) is 1. The van der Waals surface area contributed by atoms with Gasteiger partial charge in [0.05, 0.1) is 0 Å². The van der Waals surface area contributed by atoms with Gasteiger partial charge in [-0.3, -0.25) is 0 Å². The molecule has 0 amide bonds. The summed E-state index contributed by atoms with van der Waals surface area (Å²) < 4.78 is 0. The molecule has 0 spiro atoms. The maximum absolute atomic E-state index is 10.4. The fourth-order valence-electron chi connectivity index (χ4n) is 0.828. The van der Waals surface area contributed by atoms with Crippen molar-refractivity contribution in [1.82, 2.24) is 0 Å². The van der Waals surface area contributed by atoms with Gasteiger partial charge in [-0.2, -0.15) is 0 Å². The molecular formula is C10H14O4. The van der Waals surface area contributed by atoms with E-state index in [1.165, 1.54) is 6.92 Å². The first-order valence-corrected chi connectivity index (χ1v) is 4.26. The van der Waals surface area contributed by atoms with Crippen LogP contribution in [0.2, 0.25) is 0 Å². The number of rotatable bonds is 6. The molecule has 0 bridgehead atoms. The molecule has 0 aromatic rings. The van der Waals surface area contributed by atoms with E-state index >= 15 is 0 Å². The van der Waals surface area contributed by atoms with Gasteiger partial charge in [-0.15, -0.1) is 0 Å². The Balaban J connectivity index is 3.77. The van der Waals surface area contributed by atoms with Crippen LogP contribution in [0.4, 0.5) is 0 Å². The number of carboxylic acid groups (broad SMARTS) is 2. The minimum atomic E-state index is -0.996. The average Bonchev–Trinajstić information content (AvgIpc) is 2.11. The zero-order valence-electron chi connectivity index (χ0n) is 8.12. The molecule has 0 rings (SSSR count). The molecular weight excluding hydrogens is 184 g/mol. The fourth-order valence-corrected chi connectivity index (χ4v) is 0.828. The van der Waals surface area contributed by atoms with Gasteiger partial charge in [-0.1, -0.05) is 12.7 Å². The van der Waals surface area contributed by atoms with Gasteiger partial charge >= 0.3 is 11.9 Å². The van der Waals surface area contributed by atoms with Crippen LogP contribution in [0.25, 0.3) is 0 Å². The minimum Gasteiger partial charge on any atom is -0.478 e. The van der Waals surface area contributed by atoms with Crippen LogP contribution in [0, 0.1) is 0 Å². The molecule has 0 saturated carbocycles. The lowest BCUT2D eigenvalue weighted by molar-refractivity contribution is -0.133. The van der Waals surface area contributed by atoms with Crippen molar-refractivity contribution in [2.75, 3.05) is 0 Å². The third-order valence-electron chi connectivity index (χ3n) is 1.77. The Hall–Kier alpha value is -1.58. The van der Waals surface area contributed by atoms with E-state index in [0.29, 0.717) is 19.3 Å². The summed E-state index contributed by atoms with van der Waals surface area (Å²) >= 11 is 0. The second-order valence-electron chi connectivity index (χ2n) is 2.99. The van der Waals surface area contributed by atoms with Crippen LogP contribution in [0.1, 0.15) is 26.2 Å². The normalized spacial score (nSPS) is 11.1. The van der Waals surface area contributed by atoms with Gasteiger partial charge in [0.15, 0.2) is 0 Å². The Kier molecular flexibility index (Phi) is 5.29. The van der Waals surface area contributed by atoms with E-state index in [-0.39, 0.29) is 11.1 Å². The zero-order chi connectivity index (χ0) is 11.1. The van der Waals surface area contributed by atoms with E-state index in [0.717, 1.165) is 0 Å². The quantitative estimate of drug-likeness (QED) is 0.504. The summed E-state index contributed by atoms with van der Waals surface area (Å²) in [6.07, 6.45) is 3.14. The lowest BCUT2D eigenvalue weighted by Gasteiger charge is -1.97. The predicted octanol–water partition coefficient (Wildman–Crippen LogP) is 1.83. The van der Waals surface area contributed by atoms with Crippen LogP contribution in [0.15, 0.2) is 23.8 Å². The molecule has 0 atom stereocenters. The van der Waals surface area contributed by atoms with Gasteiger partial charge < -0.3 is 10.2 Å². The molecule has 78 valence electrons. The topological polar surface area (TPSA) is 74.6 Å². The van der Waals surface area contributed by atoms with Gasteiger partial charge in [0, 0.05) is 11.1 Å². The Labute approximate surface area is 82.6 Å². The largest absolute Gasteiger partial charge is 0.478 e. The van der Waals surface area contributed by atoms with Crippen LogP contribution < -0.4 is 0 Å². The average molecular weight is 198 g/mol. The molecule has 0 radical (unpaired) electrons. The van der Waals surface area contributed by atoms with Gasteiger partial charge in [-0.05, 0) is 26.2 Å². The molecule has 0 aliphatic heterocycles. The Morgan fingerprint density at radius 3 is 2.29 bits per heavy atom. The molecule has 0 saturated heterocycles. The van der Waals surface area contributed by atoms with Crippen molar-refractivity contribution in [3.63, 3.8) is 0 Å². The number of hydrogen-bond donors (Lipinski definition) is 2. The standard InChI is InChI=1S/C10H14O4/c1-7(9(11)12)5-3-4-6-8(2)10(13)14/h6H,1,3-5H2,2H3,(H,11,12)(H,13,14). The first-order valence-electron chi connectivity index (χ1n) is 4.26. The van der Waals surface area contributed by atoms with E-state index in [9.17, 15) is 9.59 Å². The van der Waals surface area contributed by atoms with Crippen LogP contribution >= 0.6 is 0 Å². The van der Waals surface area contributed by atoms with Crippen molar-refractivity contribution < 1.29 is 19.8 Å². The molecule has 0 aromatic heterocycles. The lowest BCUT2D eigenvalue weighted by Crippen LogP contribution is -1.99. The second-order valence-corrected chi connectivity index (χ2v) is 2.99. The summed E-state index contributed by atoms with van der Waals surface area (Å²) in [5.74, 6) is -1.94. The molecule has 0 aromatic carbocycles. The number of carbonyl (C=O) groups is 2. The van der Waals surface area contributed by atoms with Crippen molar-refractivity contribution in [3.8, 4) is 0 Å². The summed E-state index contributed by atoms with van der Waals surface area (Å²) in [4.78, 5) is 20.7. The maximum Gasteiger partial charge on any atom is 0.330 e. The van der Waals surface area contributed by atoms with Crippen molar-refractivity contribution in [2.24, 2.45) is 0 Å². The van der Waals surface area contributed by atoms with Crippen molar-refractivity contribution in [1.29, 1.82) is 0 Å². The molecule has 0 aliphatic rings. The summed E-state index contributed by atoms with van der Waals surface area (Å²) in [6.45, 7) is 4.88. The van der Waals surface area contributed by atoms with Crippen LogP contribution in [-0.4, -0.2) is 22.2 Å². The molecule has 4 heteroatoms. The first-order chi connectivity index (χ1) is 6.45. The highest BCUT2D eigenvalue weighted by Crippen LogP contribution is 2.07. The van der Waals surface area contributed by atoms with Crippen LogP contribution in [0.3, 0.4) is 0 Å². The number of carboxylic acids is 2. The van der Waals surface area contributed by atoms with E-state index in [1.54, 1.807) is 6.08 Å². The second kappa shape index (κ2) is 5.96. The Morgan fingerprint density at radius 2 is 1.86 bits per heavy atom. The minimum absolute atomic E-state index is 0.159. The van der Waals surface area contributed by atoms with Crippen LogP contribution in [-0.2, 0) is 9.59 Å². The maximum atomic E-state index is 10.4. The van der Waals surface area contributed by atoms with E-state index in [1.807, 2.05) is 0 Å². The molecule has 0 fully saturated rings. The first kappa shape index (κ1) is 12.4. The summed E-state index contributed by atoms with van der Waals surface area (Å²) in [7, 11) is 0. The number of aliphatic carboxylic acids is 2. The molecule has 0 heterocycles. The Bertz CT molecular complexity index is 276. The highest BCUT2D eigenvalue weighted by atomic mass is 16.4. The highest BCUT2D eigenvalue weighted by Gasteiger charge is 2.03. The summed E-state index contributed by atoms with van der Waals surface area (Å²) in [6, 6.07) is 0. The fraction of sp³-hybridized carbons (Fsp3) is 0.400. The zero-order valence-corrected chi connectivity index (χ0v) is 8.12. The van der Waals surface area contributed by atoms with E-state index < -0.39 is 11.9 Å². The van der Waals surface area contributed by atoms with Gasteiger partial charge in [0.2, 0.25) is 0 Å². The van der Waals surface area contributed by atoms with E-state index in [4.69, 9.17) is 10.2 Å². The highest BCUT2D eigenvalue weighted by molar-refractivity contribution is 5.86. The molecule has 4 nitrogen and oxygen atoms in total. The third kappa shape index (κ3) is 5.13. The van der Waals surface area contributed by atoms with Crippen molar-refractivity contribution in [3.05, 3.63) is 23.8 Å². The predicted molar refractivity (Wildman–Crippen MR) is 52.0 cm³/mol. The molecule has 14 heavy (non-hydrogen) atoms. The molecule has 0 unspecified atom stereocenters. The number of hydrogen-bond acceptors (Lipinski definition) is 2. The monoisotopic (exact) mass is 198 g/mol. The summed E-state index contributed by atoms with van der Waals surface area (Å²) in [5.41, 5.74) is 0.442.